The summed E-state index contributed by atoms with van der Waals surface area (Å²) in [5.74, 6) is 2.62. The minimum atomic E-state index is 0.673. The molecule has 62 valence electrons. The standard InChI is InChI=1S/C12H9N/c1-2-4-10-6-7-11-5-3-8-13-12(11)9-10/h1,3,5-9H,4H2. The van der Waals surface area contributed by atoms with Gasteiger partial charge in [-0.15, -0.1) is 12.3 Å². The van der Waals surface area contributed by atoms with Gasteiger partial charge in [-0.05, 0) is 17.7 Å². The fraction of sp³-hybridized carbons (Fsp3) is 0.0833. The van der Waals surface area contributed by atoms with Crippen molar-refractivity contribution < 1.29 is 0 Å². The number of rotatable bonds is 1. The molecule has 0 aliphatic carbocycles. The molecular formula is C12H9N. The van der Waals surface area contributed by atoms with E-state index in [1.54, 1.807) is 6.20 Å². The zero-order valence-electron chi connectivity index (χ0n) is 7.20. The van der Waals surface area contributed by atoms with Crippen LogP contribution in [0.25, 0.3) is 10.9 Å². The van der Waals surface area contributed by atoms with E-state index in [2.05, 4.69) is 17.0 Å². The second kappa shape index (κ2) is 3.28. The van der Waals surface area contributed by atoms with Crippen molar-refractivity contribution in [2.75, 3.05) is 0 Å². The van der Waals surface area contributed by atoms with Crippen molar-refractivity contribution in [3.63, 3.8) is 0 Å². The predicted molar refractivity (Wildman–Crippen MR) is 54.3 cm³/mol. The maximum atomic E-state index is 5.23. The zero-order valence-corrected chi connectivity index (χ0v) is 7.20. The van der Waals surface area contributed by atoms with Gasteiger partial charge in [-0.25, -0.2) is 0 Å². The number of benzene rings is 1. The molecule has 0 aliphatic rings. The summed E-state index contributed by atoms with van der Waals surface area (Å²) in [6.45, 7) is 0. The Morgan fingerprint density at radius 2 is 2.23 bits per heavy atom. The van der Waals surface area contributed by atoms with Gasteiger partial charge in [0.1, 0.15) is 0 Å². The van der Waals surface area contributed by atoms with Crippen LogP contribution in [0.5, 0.6) is 0 Å². The van der Waals surface area contributed by atoms with Gasteiger partial charge in [0.05, 0.1) is 5.52 Å². The first-order valence-corrected chi connectivity index (χ1v) is 4.17. The number of nitrogens with zero attached hydrogens (tertiary/aromatic N) is 1. The average Bonchev–Trinajstić information content (AvgIpc) is 2.18. The molecule has 2 rings (SSSR count). The molecular weight excluding hydrogens is 158 g/mol. The van der Waals surface area contributed by atoms with E-state index < -0.39 is 0 Å². The summed E-state index contributed by atoms with van der Waals surface area (Å²) in [6.07, 6.45) is 7.70. The third-order valence-corrected chi connectivity index (χ3v) is 1.98. The van der Waals surface area contributed by atoms with Crippen LogP contribution in [0.3, 0.4) is 0 Å². The van der Waals surface area contributed by atoms with Crippen LogP contribution in [-0.2, 0) is 6.42 Å². The van der Waals surface area contributed by atoms with Gasteiger partial charge >= 0.3 is 0 Å². The Balaban J connectivity index is 2.57. The van der Waals surface area contributed by atoms with Crippen LogP contribution in [-0.4, -0.2) is 4.98 Å². The van der Waals surface area contributed by atoms with Crippen molar-refractivity contribution in [2.45, 2.75) is 6.42 Å². The molecule has 2 aromatic rings. The van der Waals surface area contributed by atoms with Crippen molar-refractivity contribution in [1.29, 1.82) is 0 Å². The smallest absolute Gasteiger partial charge is 0.0705 e. The molecule has 0 bridgehead atoms. The van der Waals surface area contributed by atoms with Crippen LogP contribution in [0.2, 0.25) is 0 Å². The predicted octanol–water partition coefficient (Wildman–Crippen LogP) is 2.41. The van der Waals surface area contributed by atoms with Crippen molar-refractivity contribution in [1.82, 2.24) is 4.98 Å². The lowest BCUT2D eigenvalue weighted by atomic mass is 10.1. The number of hydrogen-bond donors (Lipinski definition) is 0. The lowest BCUT2D eigenvalue weighted by Gasteiger charge is -1.98. The van der Waals surface area contributed by atoms with Crippen molar-refractivity contribution in [3.05, 3.63) is 42.1 Å². The monoisotopic (exact) mass is 167 g/mol. The van der Waals surface area contributed by atoms with E-state index in [1.165, 1.54) is 0 Å². The van der Waals surface area contributed by atoms with Gasteiger partial charge in [-0.2, -0.15) is 0 Å². The Bertz CT molecular complexity index is 466. The Hall–Kier alpha value is -1.81. The molecule has 0 unspecified atom stereocenters. The summed E-state index contributed by atoms with van der Waals surface area (Å²) in [5.41, 5.74) is 2.16. The number of terminal acetylenes is 1. The number of pyridine rings is 1. The zero-order chi connectivity index (χ0) is 9.10. The molecule has 0 atom stereocenters. The SMILES string of the molecule is C#CCc1ccc2cccnc2c1. The highest BCUT2D eigenvalue weighted by molar-refractivity contribution is 5.78. The highest BCUT2D eigenvalue weighted by Gasteiger charge is 1.94. The quantitative estimate of drug-likeness (QED) is 0.594. The van der Waals surface area contributed by atoms with Gasteiger partial charge in [0.25, 0.3) is 0 Å². The largest absolute Gasteiger partial charge is 0.256 e. The van der Waals surface area contributed by atoms with Crippen LogP contribution in [0.15, 0.2) is 36.5 Å². The Morgan fingerprint density at radius 3 is 3.08 bits per heavy atom. The normalized spacial score (nSPS) is 9.77. The summed E-state index contributed by atoms with van der Waals surface area (Å²) >= 11 is 0. The van der Waals surface area contributed by atoms with E-state index in [-0.39, 0.29) is 0 Å². The highest BCUT2D eigenvalue weighted by Crippen LogP contribution is 2.12. The van der Waals surface area contributed by atoms with Gasteiger partial charge in [-0.1, -0.05) is 18.2 Å². The first-order valence-electron chi connectivity index (χ1n) is 4.17. The minimum Gasteiger partial charge on any atom is -0.256 e. The van der Waals surface area contributed by atoms with E-state index in [1.807, 2.05) is 24.3 Å². The second-order valence-corrected chi connectivity index (χ2v) is 2.91. The van der Waals surface area contributed by atoms with Gasteiger partial charge in [0.2, 0.25) is 0 Å². The van der Waals surface area contributed by atoms with Gasteiger partial charge < -0.3 is 0 Å². The van der Waals surface area contributed by atoms with E-state index in [4.69, 9.17) is 6.42 Å². The molecule has 13 heavy (non-hydrogen) atoms. The summed E-state index contributed by atoms with van der Waals surface area (Å²) < 4.78 is 0. The topological polar surface area (TPSA) is 12.9 Å². The molecule has 1 aromatic carbocycles. The molecule has 0 radical (unpaired) electrons. The lowest BCUT2D eigenvalue weighted by Crippen LogP contribution is -1.83. The van der Waals surface area contributed by atoms with Gasteiger partial charge in [0.15, 0.2) is 0 Å². The van der Waals surface area contributed by atoms with Crippen LogP contribution < -0.4 is 0 Å². The summed E-state index contributed by atoms with van der Waals surface area (Å²) in [7, 11) is 0. The molecule has 0 fully saturated rings. The van der Waals surface area contributed by atoms with Crippen LogP contribution in [0, 0.1) is 12.3 Å². The molecule has 0 N–H and O–H groups in total. The first-order chi connectivity index (χ1) is 6.40. The Labute approximate surface area is 77.4 Å². The minimum absolute atomic E-state index is 0.673. The van der Waals surface area contributed by atoms with Crippen molar-refractivity contribution in [2.24, 2.45) is 0 Å². The number of hydrogen-bond acceptors (Lipinski definition) is 1. The third-order valence-electron chi connectivity index (χ3n) is 1.98. The molecule has 0 saturated heterocycles. The van der Waals surface area contributed by atoms with Crippen molar-refractivity contribution in [3.8, 4) is 12.3 Å². The van der Waals surface area contributed by atoms with Crippen LogP contribution in [0.4, 0.5) is 0 Å². The molecule has 1 aromatic heterocycles. The maximum Gasteiger partial charge on any atom is 0.0705 e. The third kappa shape index (κ3) is 1.52. The van der Waals surface area contributed by atoms with E-state index in [9.17, 15) is 0 Å². The molecule has 0 spiro atoms. The Morgan fingerprint density at radius 1 is 1.31 bits per heavy atom. The van der Waals surface area contributed by atoms with Gasteiger partial charge in [0, 0.05) is 18.0 Å². The maximum absolute atomic E-state index is 5.23. The number of fused-ring (bicyclic) bond motifs is 1. The molecule has 0 aliphatic heterocycles. The summed E-state index contributed by atoms with van der Waals surface area (Å²) in [6, 6.07) is 10.1. The number of aromatic nitrogens is 1. The fourth-order valence-electron chi connectivity index (χ4n) is 1.34. The van der Waals surface area contributed by atoms with Crippen LogP contribution >= 0.6 is 0 Å². The van der Waals surface area contributed by atoms with E-state index in [0.29, 0.717) is 6.42 Å². The first kappa shape index (κ1) is 7.82. The van der Waals surface area contributed by atoms with Crippen LogP contribution in [0.1, 0.15) is 5.56 Å². The van der Waals surface area contributed by atoms with Gasteiger partial charge in [-0.3, -0.25) is 4.98 Å². The molecule has 0 amide bonds. The second-order valence-electron chi connectivity index (χ2n) is 2.91. The van der Waals surface area contributed by atoms with E-state index in [0.717, 1.165) is 16.5 Å². The molecule has 0 saturated carbocycles. The molecule has 1 heterocycles. The lowest BCUT2D eigenvalue weighted by molar-refractivity contribution is 1.31. The fourth-order valence-corrected chi connectivity index (χ4v) is 1.34. The molecule has 1 nitrogen and oxygen atoms in total. The summed E-state index contributed by atoms with van der Waals surface area (Å²) in [4.78, 5) is 4.26. The molecule has 1 heteroatoms. The average molecular weight is 167 g/mol. The van der Waals surface area contributed by atoms with Crippen molar-refractivity contribution >= 4 is 10.9 Å². The summed E-state index contributed by atoms with van der Waals surface area (Å²) in [5, 5.41) is 1.16. The Kier molecular flexibility index (Phi) is 1.97. The van der Waals surface area contributed by atoms with E-state index >= 15 is 0 Å². The highest BCUT2D eigenvalue weighted by atomic mass is 14.6.